The average Bonchev–Trinajstić information content (AvgIpc) is 2.06. The van der Waals surface area contributed by atoms with Crippen molar-refractivity contribution in [3.8, 4) is 0 Å². The SMILES string of the molecule is CC(C)NCCC1CCN1C(=O)OC(C)(C)C. The Hall–Kier alpha value is -0.770. The summed E-state index contributed by atoms with van der Waals surface area (Å²) in [5, 5.41) is 3.37. The molecule has 0 aromatic carbocycles. The lowest BCUT2D eigenvalue weighted by atomic mass is 10.0. The molecule has 1 amide bonds. The third-order valence-electron chi connectivity index (χ3n) is 2.80. The summed E-state index contributed by atoms with van der Waals surface area (Å²) in [7, 11) is 0. The largest absolute Gasteiger partial charge is 0.444 e. The summed E-state index contributed by atoms with van der Waals surface area (Å²) >= 11 is 0. The highest BCUT2D eigenvalue weighted by molar-refractivity contribution is 5.69. The van der Waals surface area contributed by atoms with Gasteiger partial charge in [-0.15, -0.1) is 0 Å². The Bertz CT molecular complexity index is 259. The van der Waals surface area contributed by atoms with E-state index in [1.165, 1.54) is 0 Å². The Kier molecular flexibility index (Phi) is 4.80. The van der Waals surface area contributed by atoms with Crippen LogP contribution >= 0.6 is 0 Å². The van der Waals surface area contributed by atoms with Crippen LogP contribution in [-0.4, -0.2) is 41.8 Å². The molecule has 1 aliphatic heterocycles. The van der Waals surface area contributed by atoms with Gasteiger partial charge in [-0.05, 0) is 40.2 Å². The Balaban J connectivity index is 2.28. The van der Waals surface area contributed by atoms with Crippen molar-refractivity contribution in [1.82, 2.24) is 10.2 Å². The standard InChI is InChI=1S/C13H26N2O2/c1-10(2)14-8-6-11-7-9-15(11)12(16)17-13(3,4)5/h10-11,14H,6-9H2,1-5H3. The van der Waals surface area contributed by atoms with E-state index in [0.29, 0.717) is 12.1 Å². The van der Waals surface area contributed by atoms with Gasteiger partial charge in [-0.2, -0.15) is 0 Å². The molecule has 100 valence electrons. The summed E-state index contributed by atoms with van der Waals surface area (Å²) in [6, 6.07) is 0.862. The maximum absolute atomic E-state index is 11.8. The molecule has 1 N–H and O–H groups in total. The zero-order valence-corrected chi connectivity index (χ0v) is 11.7. The molecular weight excluding hydrogens is 216 g/mol. The molecule has 4 heteroatoms. The van der Waals surface area contributed by atoms with Crippen LogP contribution in [0.3, 0.4) is 0 Å². The van der Waals surface area contributed by atoms with E-state index in [1.807, 2.05) is 25.7 Å². The molecule has 17 heavy (non-hydrogen) atoms. The second-order valence-corrected chi connectivity index (χ2v) is 6.01. The van der Waals surface area contributed by atoms with Crippen molar-refractivity contribution in [2.75, 3.05) is 13.1 Å². The third-order valence-corrected chi connectivity index (χ3v) is 2.80. The Morgan fingerprint density at radius 2 is 2.12 bits per heavy atom. The van der Waals surface area contributed by atoms with Crippen molar-refractivity contribution >= 4 is 6.09 Å². The molecule has 1 aliphatic rings. The van der Waals surface area contributed by atoms with Crippen molar-refractivity contribution in [2.45, 2.75) is 65.1 Å². The fourth-order valence-corrected chi connectivity index (χ4v) is 1.84. The first kappa shape index (κ1) is 14.3. The fraction of sp³-hybridized carbons (Fsp3) is 0.923. The molecule has 0 spiro atoms. The number of carbonyl (C=O) groups is 1. The third kappa shape index (κ3) is 4.94. The van der Waals surface area contributed by atoms with Crippen LogP contribution in [-0.2, 0) is 4.74 Å². The minimum absolute atomic E-state index is 0.168. The van der Waals surface area contributed by atoms with Gasteiger partial charge in [0.05, 0.1) is 0 Å². The van der Waals surface area contributed by atoms with Crippen LogP contribution in [0.2, 0.25) is 0 Å². The Labute approximate surface area is 105 Å². The van der Waals surface area contributed by atoms with Crippen LogP contribution in [0.5, 0.6) is 0 Å². The van der Waals surface area contributed by atoms with Crippen LogP contribution in [0.4, 0.5) is 4.79 Å². The number of hydrogen-bond donors (Lipinski definition) is 1. The molecule has 1 atom stereocenters. The van der Waals surface area contributed by atoms with Gasteiger partial charge in [-0.25, -0.2) is 4.79 Å². The zero-order chi connectivity index (χ0) is 13.1. The summed E-state index contributed by atoms with van der Waals surface area (Å²) in [5.74, 6) is 0. The predicted octanol–water partition coefficient (Wildman–Crippen LogP) is 2.38. The van der Waals surface area contributed by atoms with E-state index in [9.17, 15) is 4.79 Å². The lowest BCUT2D eigenvalue weighted by Crippen LogP contribution is -2.53. The summed E-state index contributed by atoms with van der Waals surface area (Å²) in [4.78, 5) is 13.7. The maximum atomic E-state index is 11.8. The molecule has 1 rings (SSSR count). The van der Waals surface area contributed by atoms with Crippen LogP contribution in [0.1, 0.15) is 47.5 Å². The van der Waals surface area contributed by atoms with Crippen LogP contribution in [0.25, 0.3) is 0 Å². The van der Waals surface area contributed by atoms with Crippen molar-refractivity contribution < 1.29 is 9.53 Å². The lowest BCUT2D eigenvalue weighted by molar-refractivity contribution is -0.00655. The molecule has 0 aliphatic carbocycles. The summed E-state index contributed by atoms with van der Waals surface area (Å²) < 4.78 is 5.37. The van der Waals surface area contributed by atoms with E-state index in [0.717, 1.165) is 25.9 Å². The minimum atomic E-state index is -0.395. The highest BCUT2D eigenvalue weighted by atomic mass is 16.6. The molecular formula is C13H26N2O2. The van der Waals surface area contributed by atoms with Crippen molar-refractivity contribution in [3.05, 3.63) is 0 Å². The normalized spacial score (nSPS) is 20.4. The van der Waals surface area contributed by atoms with E-state index in [-0.39, 0.29) is 6.09 Å². The molecule has 0 radical (unpaired) electrons. The number of nitrogens with zero attached hydrogens (tertiary/aromatic N) is 1. The van der Waals surface area contributed by atoms with Gasteiger partial charge in [-0.1, -0.05) is 13.8 Å². The van der Waals surface area contributed by atoms with Gasteiger partial charge in [0.15, 0.2) is 0 Å². The Morgan fingerprint density at radius 3 is 2.53 bits per heavy atom. The van der Waals surface area contributed by atoms with Gasteiger partial charge in [0.25, 0.3) is 0 Å². The van der Waals surface area contributed by atoms with Crippen molar-refractivity contribution in [2.24, 2.45) is 0 Å². The fourth-order valence-electron chi connectivity index (χ4n) is 1.84. The minimum Gasteiger partial charge on any atom is -0.444 e. The van der Waals surface area contributed by atoms with Gasteiger partial charge in [0.2, 0.25) is 0 Å². The second kappa shape index (κ2) is 5.71. The molecule has 0 aromatic heterocycles. The van der Waals surface area contributed by atoms with E-state index in [2.05, 4.69) is 19.2 Å². The van der Waals surface area contributed by atoms with Gasteiger partial charge < -0.3 is 15.0 Å². The molecule has 4 nitrogen and oxygen atoms in total. The first-order valence-corrected chi connectivity index (χ1v) is 6.52. The quantitative estimate of drug-likeness (QED) is 0.823. The first-order valence-electron chi connectivity index (χ1n) is 6.52. The summed E-state index contributed by atoms with van der Waals surface area (Å²) in [6.07, 6.45) is 1.94. The number of hydrogen-bond acceptors (Lipinski definition) is 3. The van der Waals surface area contributed by atoms with Gasteiger partial charge in [0.1, 0.15) is 5.60 Å². The topological polar surface area (TPSA) is 41.6 Å². The smallest absolute Gasteiger partial charge is 0.410 e. The zero-order valence-electron chi connectivity index (χ0n) is 11.7. The van der Waals surface area contributed by atoms with Crippen LogP contribution in [0, 0.1) is 0 Å². The first-order chi connectivity index (χ1) is 7.79. The number of amides is 1. The molecule has 1 unspecified atom stereocenters. The number of carbonyl (C=O) groups excluding carboxylic acids is 1. The maximum Gasteiger partial charge on any atom is 0.410 e. The van der Waals surface area contributed by atoms with E-state index < -0.39 is 5.60 Å². The van der Waals surface area contributed by atoms with E-state index >= 15 is 0 Å². The highest BCUT2D eigenvalue weighted by Gasteiger charge is 2.34. The summed E-state index contributed by atoms with van der Waals surface area (Å²) in [5.41, 5.74) is -0.395. The van der Waals surface area contributed by atoms with Crippen LogP contribution < -0.4 is 5.32 Å². The van der Waals surface area contributed by atoms with E-state index in [4.69, 9.17) is 4.74 Å². The highest BCUT2D eigenvalue weighted by Crippen LogP contribution is 2.23. The molecule has 0 aromatic rings. The molecule has 0 bridgehead atoms. The second-order valence-electron chi connectivity index (χ2n) is 6.01. The van der Waals surface area contributed by atoms with Crippen molar-refractivity contribution in [1.29, 1.82) is 0 Å². The molecule has 1 heterocycles. The monoisotopic (exact) mass is 242 g/mol. The molecule has 1 fully saturated rings. The number of likely N-dealkylation sites (tertiary alicyclic amines) is 1. The average molecular weight is 242 g/mol. The number of rotatable bonds is 4. The van der Waals surface area contributed by atoms with Gasteiger partial charge in [0, 0.05) is 18.6 Å². The molecule has 0 saturated carbocycles. The van der Waals surface area contributed by atoms with Gasteiger partial charge >= 0.3 is 6.09 Å². The van der Waals surface area contributed by atoms with Gasteiger partial charge in [-0.3, -0.25) is 0 Å². The predicted molar refractivity (Wildman–Crippen MR) is 69.1 cm³/mol. The molecule has 1 saturated heterocycles. The van der Waals surface area contributed by atoms with Crippen molar-refractivity contribution in [3.63, 3.8) is 0 Å². The number of nitrogens with one attached hydrogen (secondary N) is 1. The summed E-state index contributed by atoms with van der Waals surface area (Å²) in [6.45, 7) is 11.8. The number of ether oxygens (including phenoxy) is 1. The van der Waals surface area contributed by atoms with E-state index in [1.54, 1.807) is 0 Å². The Morgan fingerprint density at radius 1 is 1.47 bits per heavy atom. The van der Waals surface area contributed by atoms with Crippen LogP contribution in [0.15, 0.2) is 0 Å². The lowest BCUT2D eigenvalue weighted by Gasteiger charge is -2.41.